The zero-order valence-electron chi connectivity index (χ0n) is 10.1. The van der Waals surface area contributed by atoms with Gasteiger partial charge in [0.25, 0.3) is 0 Å². The van der Waals surface area contributed by atoms with Gasteiger partial charge in [0.2, 0.25) is 0 Å². The second-order valence-corrected chi connectivity index (χ2v) is 5.11. The van der Waals surface area contributed by atoms with Gasteiger partial charge < -0.3 is 5.32 Å². The third-order valence-electron chi connectivity index (χ3n) is 2.34. The molecule has 0 amide bonds. The fourth-order valence-electron chi connectivity index (χ4n) is 1.44. The average Bonchev–Trinajstić information content (AvgIpc) is 2.39. The molecule has 0 aliphatic heterocycles. The molecule has 0 saturated heterocycles. The maximum absolute atomic E-state index is 6.24. The van der Waals surface area contributed by atoms with Crippen molar-refractivity contribution in [2.45, 2.75) is 23.5 Å². The summed E-state index contributed by atoms with van der Waals surface area (Å²) >= 11 is 7.74. The van der Waals surface area contributed by atoms with Crippen LogP contribution in [-0.2, 0) is 6.54 Å². The van der Waals surface area contributed by atoms with Gasteiger partial charge in [-0.25, -0.2) is 9.97 Å². The number of aromatic nitrogens is 2. The van der Waals surface area contributed by atoms with Crippen LogP contribution in [0.4, 0.5) is 0 Å². The fraction of sp³-hybridized carbons (Fsp3) is 0.231. The van der Waals surface area contributed by atoms with Crippen LogP contribution in [0.1, 0.15) is 12.5 Å². The Hall–Kier alpha value is -1.10. The summed E-state index contributed by atoms with van der Waals surface area (Å²) in [6.45, 7) is 3.80. The highest BCUT2D eigenvalue weighted by molar-refractivity contribution is 7.99. The van der Waals surface area contributed by atoms with E-state index in [9.17, 15) is 0 Å². The smallest absolute Gasteiger partial charge is 0.192 e. The van der Waals surface area contributed by atoms with Crippen LogP contribution in [0, 0.1) is 0 Å². The van der Waals surface area contributed by atoms with Crippen molar-refractivity contribution < 1.29 is 0 Å². The zero-order valence-corrected chi connectivity index (χ0v) is 11.6. The van der Waals surface area contributed by atoms with Gasteiger partial charge in [0.1, 0.15) is 0 Å². The lowest BCUT2D eigenvalue weighted by molar-refractivity contribution is 0.726. The molecule has 1 aromatic heterocycles. The minimum Gasteiger partial charge on any atom is -0.313 e. The molecule has 1 N–H and O–H groups in total. The monoisotopic (exact) mass is 279 g/mol. The van der Waals surface area contributed by atoms with Gasteiger partial charge in [-0.3, -0.25) is 0 Å². The molecule has 2 aromatic rings. The van der Waals surface area contributed by atoms with E-state index >= 15 is 0 Å². The normalized spacial score (nSPS) is 10.6. The predicted octanol–water partition coefficient (Wildman–Crippen LogP) is 3.39. The van der Waals surface area contributed by atoms with Gasteiger partial charge in [0, 0.05) is 28.9 Å². The fourth-order valence-corrected chi connectivity index (χ4v) is 2.50. The van der Waals surface area contributed by atoms with Crippen molar-refractivity contribution in [1.29, 1.82) is 0 Å². The van der Waals surface area contributed by atoms with Crippen LogP contribution in [0.3, 0.4) is 0 Å². The molecular weight excluding hydrogens is 266 g/mol. The SMILES string of the molecule is CCNCc1ccc(Sc2ncccn2)cc1Cl. The minimum atomic E-state index is 0.730. The largest absolute Gasteiger partial charge is 0.313 e. The first kappa shape index (κ1) is 13.3. The molecule has 0 aliphatic carbocycles. The van der Waals surface area contributed by atoms with Crippen molar-refractivity contribution >= 4 is 23.4 Å². The van der Waals surface area contributed by atoms with E-state index in [1.165, 1.54) is 11.8 Å². The first-order chi connectivity index (χ1) is 8.79. The molecule has 3 nitrogen and oxygen atoms in total. The first-order valence-electron chi connectivity index (χ1n) is 5.73. The van der Waals surface area contributed by atoms with Gasteiger partial charge in [-0.1, -0.05) is 24.6 Å². The van der Waals surface area contributed by atoms with E-state index in [1.54, 1.807) is 18.5 Å². The summed E-state index contributed by atoms with van der Waals surface area (Å²) in [5.41, 5.74) is 1.11. The molecule has 1 heterocycles. The number of halogens is 1. The number of hydrogen-bond donors (Lipinski definition) is 1. The predicted molar refractivity (Wildman–Crippen MR) is 75.0 cm³/mol. The van der Waals surface area contributed by atoms with E-state index in [-0.39, 0.29) is 0 Å². The molecule has 0 unspecified atom stereocenters. The van der Waals surface area contributed by atoms with E-state index in [4.69, 9.17) is 11.6 Å². The summed E-state index contributed by atoms with van der Waals surface area (Å²) in [6, 6.07) is 7.83. The van der Waals surface area contributed by atoms with E-state index in [1.807, 2.05) is 18.2 Å². The number of nitrogens with zero attached hydrogens (tertiary/aromatic N) is 2. The van der Waals surface area contributed by atoms with Crippen molar-refractivity contribution in [2.24, 2.45) is 0 Å². The number of hydrogen-bond acceptors (Lipinski definition) is 4. The Bertz CT molecular complexity index is 505. The Morgan fingerprint density at radius 2 is 2.06 bits per heavy atom. The second-order valence-electron chi connectivity index (χ2n) is 3.67. The topological polar surface area (TPSA) is 37.8 Å². The summed E-state index contributed by atoms with van der Waals surface area (Å²) in [5, 5.41) is 4.76. The Kier molecular flexibility index (Phi) is 4.99. The van der Waals surface area contributed by atoms with Crippen LogP contribution in [0.15, 0.2) is 46.7 Å². The highest BCUT2D eigenvalue weighted by Gasteiger charge is 2.04. The van der Waals surface area contributed by atoms with Crippen molar-refractivity contribution in [1.82, 2.24) is 15.3 Å². The standard InChI is InChI=1S/C13H14ClN3S/c1-2-15-9-10-4-5-11(8-12(10)14)18-13-16-6-3-7-17-13/h3-8,15H,2,9H2,1H3. The van der Waals surface area contributed by atoms with Gasteiger partial charge in [0.05, 0.1) is 0 Å². The van der Waals surface area contributed by atoms with Gasteiger partial charge in [-0.15, -0.1) is 0 Å². The molecule has 18 heavy (non-hydrogen) atoms. The molecule has 0 fully saturated rings. The van der Waals surface area contributed by atoms with Gasteiger partial charge in [0.15, 0.2) is 5.16 Å². The van der Waals surface area contributed by atoms with Crippen LogP contribution < -0.4 is 5.32 Å². The number of benzene rings is 1. The number of nitrogens with one attached hydrogen (secondary N) is 1. The maximum Gasteiger partial charge on any atom is 0.192 e. The van der Waals surface area contributed by atoms with Crippen molar-refractivity contribution in [3.8, 4) is 0 Å². The van der Waals surface area contributed by atoms with E-state index in [0.29, 0.717) is 0 Å². The van der Waals surface area contributed by atoms with Crippen LogP contribution in [-0.4, -0.2) is 16.5 Å². The molecule has 0 atom stereocenters. The summed E-state index contributed by atoms with van der Waals surface area (Å²) in [7, 11) is 0. The second kappa shape index (κ2) is 6.73. The molecule has 2 rings (SSSR count). The first-order valence-corrected chi connectivity index (χ1v) is 6.93. The molecule has 0 saturated carbocycles. The van der Waals surface area contributed by atoms with Gasteiger partial charge >= 0.3 is 0 Å². The van der Waals surface area contributed by atoms with E-state index < -0.39 is 0 Å². The molecule has 94 valence electrons. The van der Waals surface area contributed by atoms with Crippen molar-refractivity contribution in [3.63, 3.8) is 0 Å². The quantitative estimate of drug-likeness (QED) is 0.852. The summed E-state index contributed by atoms with van der Waals surface area (Å²) in [4.78, 5) is 9.39. The highest BCUT2D eigenvalue weighted by atomic mass is 35.5. The highest BCUT2D eigenvalue weighted by Crippen LogP contribution is 2.28. The lowest BCUT2D eigenvalue weighted by Crippen LogP contribution is -2.11. The van der Waals surface area contributed by atoms with E-state index in [0.717, 1.165) is 33.7 Å². The Balaban J connectivity index is 2.09. The Labute approximate surface area is 116 Å². The van der Waals surface area contributed by atoms with Gasteiger partial charge in [-0.2, -0.15) is 0 Å². The van der Waals surface area contributed by atoms with Crippen LogP contribution in [0.5, 0.6) is 0 Å². The van der Waals surface area contributed by atoms with Crippen LogP contribution >= 0.6 is 23.4 Å². The third kappa shape index (κ3) is 3.70. The lowest BCUT2D eigenvalue weighted by atomic mass is 10.2. The molecule has 0 aliphatic rings. The summed E-state index contributed by atoms with van der Waals surface area (Å²) in [6.07, 6.45) is 3.47. The van der Waals surface area contributed by atoms with Gasteiger partial charge in [-0.05, 0) is 42.1 Å². The molecule has 0 spiro atoms. The third-order valence-corrected chi connectivity index (χ3v) is 3.58. The van der Waals surface area contributed by atoms with Crippen molar-refractivity contribution in [2.75, 3.05) is 6.54 Å². The summed E-state index contributed by atoms with van der Waals surface area (Å²) < 4.78 is 0. The Morgan fingerprint density at radius 1 is 1.28 bits per heavy atom. The molecule has 0 radical (unpaired) electrons. The number of rotatable bonds is 5. The lowest BCUT2D eigenvalue weighted by Gasteiger charge is -2.06. The van der Waals surface area contributed by atoms with Crippen LogP contribution in [0.25, 0.3) is 0 Å². The van der Waals surface area contributed by atoms with E-state index in [2.05, 4.69) is 22.2 Å². The minimum absolute atomic E-state index is 0.730. The molecule has 5 heteroatoms. The van der Waals surface area contributed by atoms with Crippen LogP contribution in [0.2, 0.25) is 5.02 Å². The summed E-state index contributed by atoms with van der Waals surface area (Å²) in [5.74, 6) is 0. The zero-order chi connectivity index (χ0) is 12.8. The van der Waals surface area contributed by atoms with Crippen molar-refractivity contribution in [3.05, 3.63) is 47.2 Å². The maximum atomic E-state index is 6.24. The molecule has 1 aromatic carbocycles. The molecule has 0 bridgehead atoms. The molecular formula is C13H14ClN3S. The Morgan fingerprint density at radius 3 is 2.72 bits per heavy atom. The average molecular weight is 280 g/mol.